The third kappa shape index (κ3) is 2.90. The fourth-order valence-corrected chi connectivity index (χ4v) is 2.86. The normalized spacial score (nSPS) is 20.8. The molecule has 1 N–H and O–H groups in total. The lowest BCUT2D eigenvalue weighted by atomic mass is 10.1. The zero-order chi connectivity index (χ0) is 13.2. The Hall–Kier alpha value is -1.13. The van der Waals surface area contributed by atoms with E-state index >= 15 is 0 Å². The molecule has 104 valence electrons. The summed E-state index contributed by atoms with van der Waals surface area (Å²) in [6.45, 7) is 4.79. The van der Waals surface area contributed by atoms with E-state index in [-0.39, 0.29) is 12.4 Å². The number of nitrogens with zero attached hydrogens (tertiary/aromatic N) is 2. The molecule has 3 rings (SSSR count). The summed E-state index contributed by atoms with van der Waals surface area (Å²) >= 11 is 0. The molecule has 3 nitrogen and oxygen atoms in total. The van der Waals surface area contributed by atoms with E-state index in [1.54, 1.807) is 12.1 Å². The first kappa shape index (κ1) is 12.9. The Morgan fingerprint density at radius 3 is 2.53 bits per heavy atom. The van der Waals surface area contributed by atoms with Crippen LogP contribution in [-0.4, -0.2) is 42.7 Å². The smallest absolute Gasteiger partial charge is 0.146 e. The Bertz CT molecular complexity index is 440. The van der Waals surface area contributed by atoms with E-state index in [2.05, 4.69) is 9.80 Å². The minimum Gasteiger partial charge on any atom is -0.392 e. The minimum absolute atomic E-state index is 0.102. The number of aliphatic hydroxyl groups is 1. The maximum atomic E-state index is 14.0. The highest BCUT2D eigenvalue weighted by atomic mass is 19.1. The van der Waals surface area contributed by atoms with Gasteiger partial charge in [-0.25, -0.2) is 4.39 Å². The lowest BCUT2D eigenvalue weighted by Gasteiger charge is -2.37. The lowest BCUT2D eigenvalue weighted by molar-refractivity contribution is 0.246. The van der Waals surface area contributed by atoms with E-state index in [9.17, 15) is 9.50 Å². The molecule has 1 aliphatic heterocycles. The number of piperazine rings is 1. The highest BCUT2D eigenvalue weighted by Crippen LogP contribution is 2.31. The van der Waals surface area contributed by atoms with Gasteiger partial charge in [-0.2, -0.15) is 0 Å². The summed E-state index contributed by atoms with van der Waals surface area (Å²) in [6, 6.07) is 4.94. The second-order valence-electron chi connectivity index (χ2n) is 5.64. The van der Waals surface area contributed by atoms with Gasteiger partial charge in [-0.1, -0.05) is 12.1 Å². The van der Waals surface area contributed by atoms with Crippen molar-refractivity contribution in [2.45, 2.75) is 19.4 Å². The van der Waals surface area contributed by atoms with Gasteiger partial charge in [0.25, 0.3) is 0 Å². The first-order chi connectivity index (χ1) is 9.28. The van der Waals surface area contributed by atoms with Crippen LogP contribution in [0.1, 0.15) is 18.4 Å². The molecule has 0 amide bonds. The third-order valence-electron chi connectivity index (χ3n) is 4.14. The van der Waals surface area contributed by atoms with E-state index in [0.29, 0.717) is 11.3 Å². The van der Waals surface area contributed by atoms with Crippen molar-refractivity contribution < 1.29 is 9.50 Å². The van der Waals surface area contributed by atoms with Gasteiger partial charge in [0.15, 0.2) is 0 Å². The fraction of sp³-hybridized carbons (Fsp3) is 0.600. The molecular formula is C15H21FN2O. The first-order valence-corrected chi connectivity index (χ1v) is 7.13. The predicted octanol–water partition coefficient (Wildman–Crippen LogP) is 1.85. The van der Waals surface area contributed by atoms with E-state index < -0.39 is 0 Å². The molecular weight excluding hydrogens is 243 g/mol. The Kier molecular flexibility index (Phi) is 3.71. The standard InChI is InChI=1S/C15H21FN2O/c16-14-3-1-2-13(11-19)15(14)18-8-6-17(7-9-18)10-12-4-5-12/h1-3,12,19H,4-11H2. The van der Waals surface area contributed by atoms with E-state index in [1.807, 2.05) is 0 Å². The summed E-state index contributed by atoms with van der Waals surface area (Å²) in [7, 11) is 0. The molecule has 1 saturated carbocycles. The van der Waals surface area contributed by atoms with Crippen LogP contribution in [-0.2, 0) is 6.61 Å². The minimum atomic E-state index is -0.220. The number of anilines is 1. The van der Waals surface area contributed by atoms with Crippen molar-refractivity contribution in [1.29, 1.82) is 0 Å². The second-order valence-corrected chi connectivity index (χ2v) is 5.64. The van der Waals surface area contributed by atoms with Gasteiger partial charge in [0.2, 0.25) is 0 Å². The van der Waals surface area contributed by atoms with Gasteiger partial charge in [0.05, 0.1) is 12.3 Å². The molecule has 0 spiro atoms. The van der Waals surface area contributed by atoms with Crippen LogP contribution in [0, 0.1) is 11.7 Å². The molecule has 1 saturated heterocycles. The van der Waals surface area contributed by atoms with Crippen molar-refractivity contribution in [3.8, 4) is 0 Å². The maximum Gasteiger partial charge on any atom is 0.146 e. The number of hydrogen-bond acceptors (Lipinski definition) is 3. The van der Waals surface area contributed by atoms with Crippen LogP contribution in [0.3, 0.4) is 0 Å². The van der Waals surface area contributed by atoms with Crippen LogP contribution in [0.15, 0.2) is 18.2 Å². The molecule has 0 atom stereocenters. The highest BCUT2D eigenvalue weighted by Gasteiger charge is 2.27. The second kappa shape index (κ2) is 5.47. The molecule has 4 heteroatoms. The highest BCUT2D eigenvalue weighted by molar-refractivity contribution is 5.55. The van der Waals surface area contributed by atoms with E-state index in [0.717, 1.165) is 32.1 Å². The number of benzene rings is 1. The van der Waals surface area contributed by atoms with Crippen molar-refractivity contribution in [3.63, 3.8) is 0 Å². The average molecular weight is 264 g/mol. The lowest BCUT2D eigenvalue weighted by Crippen LogP contribution is -2.47. The molecule has 1 aromatic rings. The summed E-state index contributed by atoms with van der Waals surface area (Å²) in [5.74, 6) is 0.690. The van der Waals surface area contributed by atoms with Gasteiger partial charge in [0, 0.05) is 38.3 Å². The molecule has 0 unspecified atom stereocenters. The van der Waals surface area contributed by atoms with Gasteiger partial charge in [-0.15, -0.1) is 0 Å². The summed E-state index contributed by atoms with van der Waals surface area (Å²) in [6.07, 6.45) is 2.75. The molecule has 19 heavy (non-hydrogen) atoms. The van der Waals surface area contributed by atoms with Gasteiger partial charge in [0.1, 0.15) is 5.82 Å². The van der Waals surface area contributed by atoms with Gasteiger partial charge < -0.3 is 10.0 Å². The van der Waals surface area contributed by atoms with Gasteiger partial charge >= 0.3 is 0 Å². The molecule has 1 aliphatic carbocycles. The SMILES string of the molecule is OCc1cccc(F)c1N1CCN(CC2CC2)CC1. The van der Waals surface area contributed by atoms with Crippen molar-refractivity contribution in [3.05, 3.63) is 29.6 Å². The van der Waals surface area contributed by atoms with Gasteiger partial charge in [-0.05, 0) is 24.8 Å². The van der Waals surface area contributed by atoms with Crippen molar-refractivity contribution in [2.75, 3.05) is 37.6 Å². The average Bonchev–Trinajstić information content (AvgIpc) is 3.23. The summed E-state index contributed by atoms with van der Waals surface area (Å²) < 4.78 is 14.0. The van der Waals surface area contributed by atoms with E-state index in [4.69, 9.17) is 0 Å². The van der Waals surface area contributed by atoms with Crippen LogP contribution in [0.5, 0.6) is 0 Å². The summed E-state index contributed by atoms with van der Waals surface area (Å²) in [4.78, 5) is 4.55. The first-order valence-electron chi connectivity index (χ1n) is 7.13. The molecule has 1 heterocycles. The van der Waals surface area contributed by atoms with Crippen LogP contribution in [0.4, 0.5) is 10.1 Å². The zero-order valence-electron chi connectivity index (χ0n) is 11.2. The quantitative estimate of drug-likeness (QED) is 0.899. The molecule has 2 aliphatic rings. The topological polar surface area (TPSA) is 26.7 Å². The molecule has 0 aromatic heterocycles. The van der Waals surface area contributed by atoms with Crippen LogP contribution < -0.4 is 4.90 Å². The largest absolute Gasteiger partial charge is 0.392 e. The Morgan fingerprint density at radius 2 is 1.89 bits per heavy atom. The molecule has 0 radical (unpaired) electrons. The maximum absolute atomic E-state index is 14.0. The van der Waals surface area contributed by atoms with Crippen molar-refractivity contribution >= 4 is 5.69 Å². The zero-order valence-corrected chi connectivity index (χ0v) is 11.2. The van der Waals surface area contributed by atoms with Crippen LogP contribution >= 0.6 is 0 Å². The van der Waals surface area contributed by atoms with Crippen molar-refractivity contribution in [2.24, 2.45) is 5.92 Å². The number of aliphatic hydroxyl groups excluding tert-OH is 1. The number of halogens is 1. The number of rotatable bonds is 4. The monoisotopic (exact) mass is 264 g/mol. The fourth-order valence-electron chi connectivity index (χ4n) is 2.86. The summed E-state index contributed by atoms with van der Waals surface area (Å²) in [5, 5.41) is 9.35. The van der Waals surface area contributed by atoms with Crippen LogP contribution in [0.25, 0.3) is 0 Å². The van der Waals surface area contributed by atoms with E-state index in [1.165, 1.54) is 25.5 Å². The Balaban J connectivity index is 1.67. The Morgan fingerprint density at radius 1 is 1.16 bits per heavy atom. The molecule has 0 bridgehead atoms. The third-order valence-corrected chi connectivity index (χ3v) is 4.14. The van der Waals surface area contributed by atoms with Crippen LogP contribution in [0.2, 0.25) is 0 Å². The van der Waals surface area contributed by atoms with Gasteiger partial charge in [-0.3, -0.25) is 4.90 Å². The Labute approximate surface area is 113 Å². The van der Waals surface area contributed by atoms with Crippen molar-refractivity contribution in [1.82, 2.24) is 4.90 Å². The molecule has 1 aromatic carbocycles. The molecule has 2 fully saturated rings. The summed E-state index contributed by atoms with van der Waals surface area (Å²) in [5.41, 5.74) is 1.28. The predicted molar refractivity (Wildman–Crippen MR) is 73.7 cm³/mol. The number of hydrogen-bond donors (Lipinski definition) is 1. The number of para-hydroxylation sites is 1.